The fraction of sp³-hybridized carbons (Fsp3) is 0.455. The maximum Gasteiger partial charge on any atom is 0.257 e. The molecule has 0 unspecified atom stereocenters. The van der Waals surface area contributed by atoms with E-state index in [1.54, 1.807) is 4.90 Å². The highest BCUT2D eigenvalue weighted by molar-refractivity contribution is 5.95. The zero-order chi connectivity index (χ0) is 12.3. The molecule has 2 N–H and O–H groups in total. The molecule has 92 valence electrons. The number of halogens is 1. The van der Waals surface area contributed by atoms with E-state index in [9.17, 15) is 9.18 Å². The van der Waals surface area contributed by atoms with Gasteiger partial charge in [0.15, 0.2) is 11.6 Å². The predicted octanol–water partition coefficient (Wildman–Crippen LogP) is 0.665. The average Bonchev–Trinajstić information content (AvgIpc) is 2.60. The lowest BCUT2D eigenvalue weighted by Crippen LogP contribution is -2.34. The summed E-state index contributed by atoms with van der Waals surface area (Å²) >= 11 is 0. The quantitative estimate of drug-likeness (QED) is 0.782. The smallest absolute Gasteiger partial charge is 0.257 e. The molecule has 2 heterocycles. The topological polar surface area (TPSA) is 68.5 Å². The van der Waals surface area contributed by atoms with Crippen LogP contribution in [0.5, 0.6) is 0 Å². The number of amides is 1. The molecule has 1 aromatic rings. The zero-order valence-corrected chi connectivity index (χ0v) is 9.36. The molecule has 1 saturated heterocycles. The number of rotatable bonds is 1. The number of aromatic nitrogens is 1. The Morgan fingerprint density at radius 1 is 1.47 bits per heavy atom. The van der Waals surface area contributed by atoms with Crippen molar-refractivity contribution in [2.45, 2.75) is 6.42 Å². The Kier molecular flexibility index (Phi) is 3.53. The Hall–Kier alpha value is -1.69. The highest BCUT2D eigenvalue weighted by atomic mass is 19.1. The van der Waals surface area contributed by atoms with Gasteiger partial charge < -0.3 is 15.4 Å². The van der Waals surface area contributed by atoms with E-state index in [0.29, 0.717) is 26.3 Å². The molecule has 1 aliphatic rings. The Labute approximate surface area is 98.4 Å². The second-order valence-electron chi connectivity index (χ2n) is 3.82. The van der Waals surface area contributed by atoms with Gasteiger partial charge in [-0.2, -0.15) is 0 Å². The van der Waals surface area contributed by atoms with Crippen LogP contribution < -0.4 is 5.73 Å². The zero-order valence-electron chi connectivity index (χ0n) is 9.36. The summed E-state index contributed by atoms with van der Waals surface area (Å²) in [4.78, 5) is 17.2. The van der Waals surface area contributed by atoms with Crippen LogP contribution >= 0.6 is 0 Å². The van der Waals surface area contributed by atoms with Gasteiger partial charge in [-0.05, 0) is 12.5 Å². The summed E-state index contributed by atoms with van der Waals surface area (Å²) in [6.07, 6.45) is 2.09. The lowest BCUT2D eigenvalue weighted by molar-refractivity contribution is 0.0736. The van der Waals surface area contributed by atoms with Crippen molar-refractivity contribution in [2.75, 3.05) is 32.0 Å². The van der Waals surface area contributed by atoms with E-state index in [4.69, 9.17) is 10.5 Å². The standard InChI is InChI=1S/C11H14FN3O2/c12-9-8(2-3-14-10(9)13)11(16)15-4-1-6-17-7-5-15/h2-3H,1,4-7H2,(H2,13,14). The molecule has 0 saturated carbocycles. The molecule has 1 amide bonds. The fourth-order valence-electron chi connectivity index (χ4n) is 1.74. The van der Waals surface area contributed by atoms with Gasteiger partial charge in [-0.25, -0.2) is 9.37 Å². The summed E-state index contributed by atoms with van der Waals surface area (Å²) in [5.74, 6) is -1.35. The van der Waals surface area contributed by atoms with Crippen LogP contribution in [-0.4, -0.2) is 42.1 Å². The first kappa shape index (κ1) is 11.8. The van der Waals surface area contributed by atoms with Crippen molar-refractivity contribution in [3.05, 3.63) is 23.6 Å². The lowest BCUT2D eigenvalue weighted by atomic mass is 10.2. The number of carbonyl (C=O) groups excluding carboxylic acids is 1. The van der Waals surface area contributed by atoms with Crippen LogP contribution in [0, 0.1) is 5.82 Å². The van der Waals surface area contributed by atoms with E-state index in [-0.39, 0.29) is 17.3 Å². The minimum atomic E-state index is -0.748. The van der Waals surface area contributed by atoms with Crippen molar-refractivity contribution < 1.29 is 13.9 Å². The minimum Gasteiger partial charge on any atom is -0.381 e. The molecular formula is C11H14FN3O2. The Morgan fingerprint density at radius 2 is 2.29 bits per heavy atom. The maximum atomic E-state index is 13.6. The first-order chi connectivity index (χ1) is 8.20. The first-order valence-corrected chi connectivity index (χ1v) is 5.47. The molecule has 1 aliphatic heterocycles. The van der Waals surface area contributed by atoms with Gasteiger partial charge in [0.1, 0.15) is 0 Å². The highest BCUT2D eigenvalue weighted by Crippen LogP contribution is 2.15. The second-order valence-corrected chi connectivity index (χ2v) is 3.82. The van der Waals surface area contributed by atoms with E-state index in [0.717, 1.165) is 6.42 Å². The van der Waals surface area contributed by atoms with E-state index < -0.39 is 5.82 Å². The first-order valence-electron chi connectivity index (χ1n) is 5.47. The van der Waals surface area contributed by atoms with Crippen LogP contribution in [0.1, 0.15) is 16.8 Å². The van der Waals surface area contributed by atoms with Crippen molar-refractivity contribution in [1.29, 1.82) is 0 Å². The molecule has 1 aromatic heterocycles. The van der Waals surface area contributed by atoms with Gasteiger partial charge in [0.2, 0.25) is 0 Å². The summed E-state index contributed by atoms with van der Waals surface area (Å²) in [6, 6.07) is 1.35. The number of hydrogen-bond acceptors (Lipinski definition) is 4. The molecule has 0 atom stereocenters. The summed E-state index contributed by atoms with van der Waals surface area (Å²) < 4.78 is 18.9. The van der Waals surface area contributed by atoms with E-state index >= 15 is 0 Å². The van der Waals surface area contributed by atoms with Crippen molar-refractivity contribution in [2.24, 2.45) is 0 Å². The molecule has 17 heavy (non-hydrogen) atoms. The Bertz CT molecular complexity index is 417. The van der Waals surface area contributed by atoms with Gasteiger partial charge in [-0.1, -0.05) is 0 Å². The van der Waals surface area contributed by atoms with Crippen LogP contribution in [0.2, 0.25) is 0 Å². The van der Waals surface area contributed by atoms with Crippen LogP contribution in [0.3, 0.4) is 0 Å². The molecular weight excluding hydrogens is 225 g/mol. The third-order valence-corrected chi connectivity index (χ3v) is 2.66. The van der Waals surface area contributed by atoms with Crippen molar-refractivity contribution in [3.63, 3.8) is 0 Å². The van der Waals surface area contributed by atoms with Gasteiger partial charge in [0.05, 0.1) is 12.2 Å². The van der Waals surface area contributed by atoms with Crippen molar-refractivity contribution >= 4 is 11.7 Å². The largest absolute Gasteiger partial charge is 0.381 e. The number of nitrogen functional groups attached to an aromatic ring is 1. The molecule has 0 bridgehead atoms. The van der Waals surface area contributed by atoms with Crippen LogP contribution in [0.25, 0.3) is 0 Å². The summed E-state index contributed by atoms with van der Waals surface area (Å²) in [5, 5.41) is 0. The normalized spacial score (nSPS) is 16.6. The number of pyridine rings is 1. The van der Waals surface area contributed by atoms with Crippen molar-refractivity contribution in [1.82, 2.24) is 9.88 Å². The number of ether oxygens (including phenoxy) is 1. The number of nitrogens with two attached hydrogens (primary N) is 1. The number of anilines is 1. The summed E-state index contributed by atoms with van der Waals surface area (Å²) in [5.41, 5.74) is 5.31. The van der Waals surface area contributed by atoms with E-state index in [1.807, 2.05) is 0 Å². The van der Waals surface area contributed by atoms with Gasteiger partial charge in [-0.3, -0.25) is 4.79 Å². The Balaban J connectivity index is 2.20. The summed E-state index contributed by atoms with van der Waals surface area (Å²) in [6.45, 7) is 2.15. The van der Waals surface area contributed by atoms with Gasteiger partial charge in [-0.15, -0.1) is 0 Å². The molecule has 1 fully saturated rings. The van der Waals surface area contributed by atoms with Gasteiger partial charge in [0, 0.05) is 25.9 Å². The van der Waals surface area contributed by atoms with Crippen LogP contribution in [0.15, 0.2) is 12.3 Å². The monoisotopic (exact) mass is 239 g/mol. The van der Waals surface area contributed by atoms with Crippen LogP contribution in [-0.2, 0) is 4.74 Å². The third kappa shape index (κ3) is 2.52. The minimum absolute atomic E-state index is 0.0283. The van der Waals surface area contributed by atoms with E-state index in [1.165, 1.54) is 12.3 Å². The summed E-state index contributed by atoms with van der Waals surface area (Å²) in [7, 11) is 0. The molecule has 0 aromatic carbocycles. The number of nitrogens with zero attached hydrogens (tertiary/aromatic N) is 2. The molecule has 6 heteroatoms. The molecule has 0 spiro atoms. The van der Waals surface area contributed by atoms with E-state index in [2.05, 4.69) is 4.98 Å². The van der Waals surface area contributed by atoms with Crippen LogP contribution in [0.4, 0.5) is 10.2 Å². The third-order valence-electron chi connectivity index (χ3n) is 2.66. The molecule has 0 radical (unpaired) electrons. The molecule has 0 aliphatic carbocycles. The van der Waals surface area contributed by atoms with Crippen molar-refractivity contribution in [3.8, 4) is 0 Å². The Morgan fingerprint density at radius 3 is 3.12 bits per heavy atom. The number of carbonyl (C=O) groups is 1. The highest BCUT2D eigenvalue weighted by Gasteiger charge is 2.21. The maximum absolute atomic E-state index is 13.6. The predicted molar refractivity (Wildman–Crippen MR) is 59.9 cm³/mol. The average molecular weight is 239 g/mol. The van der Waals surface area contributed by atoms with Gasteiger partial charge in [0.25, 0.3) is 5.91 Å². The second kappa shape index (κ2) is 5.09. The van der Waals surface area contributed by atoms with Gasteiger partial charge >= 0.3 is 0 Å². The fourth-order valence-corrected chi connectivity index (χ4v) is 1.74. The molecule has 2 rings (SSSR count). The lowest BCUT2D eigenvalue weighted by Gasteiger charge is -2.19. The molecule has 5 nitrogen and oxygen atoms in total. The SMILES string of the molecule is Nc1nccc(C(=O)N2CCCOCC2)c1F. The number of hydrogen-bond donors (Lipinski definition) is 1.